The number of allylic oxidation sites excluding steroid dienone is 1. The van der Waals surface area contributed by atoms with Crippen LogP contribution in [0.1, 0.15) is 83.6 Å². The summed E-state index contributed by atoms with van der Waals surface area (Å²) in [6.45, 7) is 5.44. The number of nitrogens with zero attached hydrogens (tertiary/aromatic N) is 1. The lowest BCUT2D eigenvalue weighted by atomic mass is 10.1. The molecule has 1 N–H and O–H groups in total. The third-order valence-corrected chi connectivity index (χ3v) is 7.47. The second-order valence-corrected chi connectivity index (χ2v) is 11.1. The number of carbonyl (C=O) groups is 1. The Morgan fingerprint density at radius 3 is 2.39 bits per heavy atom. The Labute approximate surface area is 232 Å². The van der Waals surface area contributed by atoms with Crippen LogP contribution in [-0.4, -0.2) is 29.9 Å². The molecule has 1 heterocycles. The maximum absolute atomic E-state index is 14.4. The van der Waals surface area contributed by atoms with Gasteiger partial charge in [0.05, 0.1) is 12.5 Å². The van der Waals surface area contributed by atoms with E-state index >= 15 is 0 Å². The van der Waals surface area contributed by atoms with Gasteiger partial charge in [-0.15, -0.1) is 11.8 Å². The zero-order valence-electron chi connectivity index (χ0n) is 23.0. The number of carbonyl (C=O) groups excluding carboxylic acids is 1. The minimum absolute atomic E-state index is 0.201. The summed E-state index contributed by atoms with van der Waals surface area (Å²) < 4.78 is 25.6. The van der Waals surface area contributed by atoms with E-state index in [0.717, 1.165) is 30.8 Å². The molecule has 38 heavy (non-hydrogen) atoms. The van der Waals surface area contributed by atoms with Crippen molar-refractivity contribution in [3.63, 3.8) is 0 Å². The Morgan fingerprint density at radius 1 is 0.974 bits per heavy atom. The first-order chi connectivity index (χ1) is 18.5. The lowest BCUT2D eigenvalue weighted by molar-refractivity contribution is -0.118. The largest absolute Gasteiger partial charge is 0.491 e. The van der Waals surface area contributed by atoms with Gasteiger partial charge < -0.3 is 19.7 Å². The Hall–Kier alpha value is -2.67. The first kappa shape index (κ1) is 29.9. The summed E-state index contributed by atoms with van der Waals surface area (Å²) in [7, 11) is 0. The molecule has 0 saturated carbocycles. The van der Waals surface area contributed by atoms with Crippen LogP contribution in [0.3, 0.4) is 0 Å². The van der Waals surface area contributed by atoms with Crippen molar-refractivity contribution in [1.29, 1.82) is 0 Å². The van der Waals surface area contributed by atoms with Crippen molar-refractivity contribution in [3.05, 3.63) is 65.0 Å². The standard InChI is InChI=1S/C31H43FN2O3S/c1-3-4-5-6-7-8-9-10-11-12-18-36-30-17-16-28(20-29(30)32)37-23-31(35)33-27-15-13-14-26(19-27)22-34-21-25(2)38-24-34/h13-17,19-21H,3-12,18,22-24H2,1-2H3,(H,33,35). The van der Waals surface area contributed by atoms with Gasteiger partial charge in [-0.1, -0.05) is 76.8 Å². The average Bonchev–Trinajstić information content (AvgIpc) is 3.31. The molecule has 0 atom stereocenters. The van der Waals surface area contributed by atoms with Crippen LogP contribution >= 0.6 is 11.8 Å². The SMILES string of the molecule is CCCCCCCCCCCCOc1ccc(OCC(=O)Nc2cccc(CN3C=C(C)SC3)c2)cc1F. The Morgan fingerprint density at radius 2 is 1.71 bits per heavy atom. The molecular formula is C31H43FN2O3S. The number of anilines is 1. The van der Waals surface area contributed by atoms with Gasteiger partial charge in [0.25, 0.3) is 5.91 Å². The van der Waals surface area contributed by atoms with Crippen molar-refractivity contribution in [3.8, 4) is 11.5 Å². The Kier molecular flexibility index (Phi) is 13.4. The average molecular weight is 543 g/mol. The molecule has 0 unspecified atom stereocenters. The zero-order valence-corrected chi connectivity index (χ0v) is 23.8. The van der Waals surface area contributed by atoms with Crippen LogP contribution in [-0.2, 0) is 11.3 Å². The molecule has 0 saturated heterocycles. The predicted molar refractivity (Wildman–Crippen MR) is 156 cm³/mol. The number of rotatable bonds is 18. The molecule has 5 nitrogen and oxygen atoms in total. The van der Waals surface area contributed by atoms with Crippen molar-refractivity contribution < 1.29 is 18.7 Å². The molecule has 0 aromatic heterocycles. The van der Waals surface area contributed by atoms with E-state index in [1.165, 1.54) is 62.3 Å². The van der Waals surface area contributed by atoms with Crippen LogP contribution in [0.15, 0.2) is 53.6 Å². The van der Waals surface area contributed by atoms with E-state index in [1.54, 1.807) is 12.1 Å². The van der Waals surface area contributed by atoms with Gasteiger partial charge in [-0.05, 0) is 48.1 Å². The van der Waals surface area contributed by atoms with Gasteiger partial charge >= 0.3 is 0 Å². The second kappa shape index (κ2) is 17.0. The number of ether oxygens (including phenoxy) is 2. The molecule has 0 bridgehead atoms. The van der Waals surface area contributed by atoms with Gasteiger partial charge in [0.15, 0.2) is 18.2 Å². The smallest absolute Gasteiger partial charge is 0.262 e. The van der Waals surface area contributed by atoms with E-state index in [0.29, 0.717) is 18.0 Å². The summed E-state index contributed by atoms with van der Waals surface area (Å²) in [5.74, 6) is 0.682. The Bertz CT molecular complexity index is 1030. The maximum Gasteiger partial charge on any atom is 0.262 e. The molecule has 1 aliphatic rings. The van der Waals surface area contributed by atoms with Crippen molar-refractivity contribution >= 4 is 23.4 Å². The number of hydrogen-bond donors (Lipinski definition) is 1. The van der Waals surface area contributed by atoms with E-state index in [-0.39, 0.29) is 18.3 Å². The fourth-order valence-corrected chi connectivity index (χ4v) is 5.15. The van der Waals surface area contributed by atoms with Crippen LogP contribution < -0.4 is 14.8 Å². The lowest BCUT2D eigenvalue weighted by Crippen LogP contribution is -2.20. The molecule has 208 valence electrons. The molecule has 7 heteroatoms. The summed E-state index contributed by atoms with van der Waals surface area (Å²) >= 11 is 1.82. The molecule has 0 fully saturated rings. The van der Waals surface area contributed by atoms with Crippen molar-refractivity contribution in [2.75, 3.05) is 24.4 Å². The molecule has 1 aliphatic heterocycles. The summed E-state index contributed by atoms with van der Waals surface area (Å²) in [6.07, 6.45) is 14.6. The summed E-state index contributed by atoms with van der Waals surface area (Å²) in [6, 6.07) is 12.2. The highest BCUT2D eigenvalue weighted by Crippen LogP contribution is 2.26. The number of halogens is 1. The number of hydrogen-bond acceptors (Lipinski definition) is 5. The molecule has 0 radical (unpaired) electrons. The number of amides is 1. The van der Waals surface area contributed by atoms with E-state index in [9.17, 15) is 9.18 Å². The Balaban J connectivity index is 1.30. The third kappa shape index (κ3) is 11.4. The van der Waals surface area contributed by atoms with E-state index < -0.39 is 5.82 Å². The first-order valence-corrected chi connectivity index (χ1v) is 15.0. The van der Waals surface area contributed by atoms with Crippen molar-refractivity contribution in [2.45, 2.75) is 84.6 Å². The number of nitrogens with one attached hydrogen (secondary N) is 1. The highest BCUT2D eigenvalue weighted by atomic mass is 32.2. The van der Waals surface area contributed by atoms with Crippen LogP contribution in [0.5, 0.6) is 11.5 Å². The highest BCUT2D eigenvalue weighted by Gasteiger charge is 2.11. The summed E-state index contributed by atoms with van der Waals surface area (Å²) in [5, 5.41) is 2.85. The van der Waals surface area contributed by atoms with Gasteiger partial charge in [0.1, 0.15) is 5.75 Å². The molecule has 2 aromatic rings. The van der Waals surface area contributed by atoms with Gasteiger partial charge in [0.2, 0.25) is 0 Å². The molecule has 0 spiro atoms. The molecular weight excluding hydrogens is 499 g/mol. The summed E-state index contributed by atoms with van der Waals surface area (Å²) in [5.41, 5.74) is 1.83. The fraction of sp³-hybridized carbons (Fsp3) is 0.516. The highest BCUT2D eigenvalue weighted by molar-refractivity contribution is 8.03. The fourth-order valence-electron chi connectivity index (χ4n) is 4.40. The van der Waals surface area contributed by atoms with Gasteiger partial charge in [-0.2, -0.15) is 0 Å². The second-order valence-electron chi connectivity index (χ2n) is 9.92. The number of unbranched alkanes of at least 4 members (excludes halogenated alkanes) is 9. The van der Waals surface area contributed by atoms with E-state index in [4.69, 9.17) is 9.47 Å². The quantitative estimate of drug-likeness (QED) is 0.191. The minimum Gasteiger partial charge on any atom is -0.491 e. The summed E-state index contributed by atoms with van der Waals surface area (Å²) in [4.78, 5) is 15.9. The van der Waals surface area contributed by atoms with Crippen molar-refractivity contribution in [2.24, 2.45) is 0 Å². The number of thioether (sulfide) groups is 1. The van der Waals surface area contributed by atoms with Gasteiger partial charge in [0, 0.05) is 24.5 Å². The van der Waals surface area contributed by atoms with Gasteiger partial charge in [-0.3, -0.25) is 4.79 Å². The van der Waals surface area contributed by atoms with Crippen LogP contribution in [0.2, 0.25) is 0 Å². The topological polar surface area (TPSA) is 50.8 Å². The van der Waals surface area contributed by atoms with E-state index in [2.05, 4.69) is 30.3 Å². The van der Waals surface area contributed by atoms with Crippen LogP contribution in [0, 0.1) is 5.82 Å². The van der Waals surface area contributed by atoms with Gasteiger partial charge in [-0.25, -0.2) is 4.39 Å². The minimum atomic E-state index is -0.480. The van der Waals surface area contributed by atoms with Crippen LogP contribution in [0.4, 0.5) is 10.1 Å². The molecule has 0 aliphatic carbocycles. The predicted octanol–water partition coefficient (Wildman–Crippen LogP) is 8.51. The zero-order chi connectivity index (χ0) is 27.0. The normalized spacial score (nSPS) is 12.9. The lowest BCUT2D eigenvalue weighted by Gasteiger charge is -2.15. The maximum atomic E-state index is 14.4. The molecule has 2 aromatic carbocycles. The third-order valence-electron chi connectivity index (χ3n) is 6.45. The monoisotopic (exact) mass is 542 g/mol. The van der Waals surface area contributed by atoms with E-state index in [1.807, 2.05) is 36.0 Å². The van der Waals surface area contributed by atoms with Crippen molar-refractivity contribution in [1.82, 2.24) is 4.90 Å². The molecule has 1 amide bonds. The first-order valence-electron chi connectivity index (χ1n) is 14.0. The molecule has 3 rings (SSSR count). The number of benzene rings is 2. The van der Waals surface area contributed by atoms with Crippen LogP contribution in [0.25, 0.3) is 0 Å².